The van der Waals surface area contributed by atoms with Crippen LogP contribution in [0.25, 0.3) is 11.2 Å². The number of rotatable bonds is 11. The van der Waals surface area contributed by atoms with Crippen molar-refractivity contribution in [1.82, 2.24) is 19.5 Å². The molecule has 2 saturated heterocycles. The minimum absolute atomic E-state index is 0.0228. The molecule has 0 spiro atoms. The van der Waals surface area contributed by atoms with Crippen LogP contribution in [0.1, 0.15) is 28.3 Å². The van der Waals surface area contributed by atoms with E-state index in [1.165, 1.54) is 10.9 Å². The molecule has 10 atom stereocenters. The number of aliphatic hydroxyl groups excluding tert-OH is 4. The lowest BCUT2D eigenvalue weighted by atomic mass is 10.1. The molecule has 23 heteroatoms. The molecular formula is C21H28N7O14P2+. The van der Waals surface area contributed by atoms with Gasteiger partial charge >= 0.3 is 15.6 Å². The zero-order valence-electron chi connectivity index (χ0n) is 25.9. The Kier molecular flexibility index (Phi) is 7.70. The molecule has 5 heterocycles. The number of phosphoric acid groups is 2. The summed E-state index contributed by atoms with van der Waals surface area (Å²) in [7, 11) is -11.0. The first-order chi connectivity index (χ1) is 22.3. The maximum Gasteiger partial charge on any atom is 0.481 e. The van der Waals surface area contributed by atoms with E-state index in [0.29, 0.717) is 4.57 Å². The van der Waals surface area contributed by atoms with Crippen LogP contribution >= 0.6 is 15.6 Å². The van der Waals surface area contributed by atoms with Crippen molar-refractivity contribution < 1.29 is 77.0 Å². The summed E-state index contributed by atoms with van der Waals surface area (Å²) in [5.41, 5.74) is 10.4. The molecule has 0 saturated carbocycles. The van der Waals surface area contributed by atoms with E-state index >= 15 is 0 Å². The normalized spacial score (nSPS) is 32.9. The number of nitrogens with two attached hydrogens (primary N) is 2. The van der Waals surface area contributed by atoms with E-state index in [1.807, 2.05) is 0 Å². The Bertz CT molecular complexity index is 1840. The molecule has 3 aromatic rings. The molecule has 0 aromatic carbocycles. The summed E-state index contributed by atoms with van der Waals surface area (Å²) in [6.07, 6.45) is -13.1. The molecule has 2 fully saturated rings. The fourth-order valence-corrected chi connectivity index (χ4v) is 6.41. The van der Waals surface area contributed by atoms with Gasteiger partial charge in [0.25, 0.3) is 12.1 Å². The van der Waals surface area contributed by atoms with Crippen LogP contribution in [0.4, 0.5) is 5.82 Å². The standard InChI is InChI=1S/C21H27N7O14P2/c22-17-12-19(25-7-24-17)28(8-26-12)21-16(32)14(30)11(41-21)6-39-44(36,37)42-43(34,35)38-5-10-13(29)15(31)20(40-10)27-3-1-2-9(4-27)18(23)33/h1-4,7-8,10-11,13-16,20-21,29-32H,5-6H2,(H5-,22,23,24,25,33,34,35,36,37)/p+1/t10-,11-,13-,14-,15-,16-,20-,21-/m1/s1/i1D,2D,3D,4D. The van der Waals surface area contributed by atoms with Gasteiger partial charge in [0.1, 0.15) is 50.7 Å². The van der Waals surface area contributed by atoms with Gasteiger partial charge in [-0.2, -0.15) is 8.88 Å². The number of anilines is 1. The Labute approximate surface area is 252 Å². The summed E-state index contributed by atoms with van der Waals surface area (Å²) in [6.45, 7) is -2.07. The van der Waals surface area contributed by atoms with Crippen LogP contribution in [0.15, 0.2) is 37.1 Å². The number of ether oxygens (including phenoxy) is 2. The number of hydrogen-bond donors (Lipinski definition) is 8. The number of hydrogen-bond acceptors (Lipinski definition) is 16. The third kappa shape index (κ3) is 6.65. The number of fused-ring (bicyclic) bond motifs is 1. The number of carbonyl (C=O) groups excluding carboxylic acids is 1. The van der Waals surface area contributed by atoms with Crippen LogP contribution in [0.3, 0.4) is 0 Å². The first kappa shape index (κ1) is 27.3. The van der Waals surface area contributed by atoms with Crippen molar-refractivity contribution in [2.75, 3.05) is 18.9 Å². The van der Waals surface area contributed by atoms with E-state index in [-0.39, 0.29) is 17.0 Å². The second-order valence-electron chi connectivity index (χ2n) is 9.37. The largest absolute Gasteiger partial charge is 0.481 e. The molecule has 2 unspecified atom stereocenters. The van der Waals surface area contributed by atoms with Crippen LogP contribution in [0.2, 0.25) is 0 Å². The number of nitrogen functional groups attached to an aromatic ring is 1. The van der Waals surface area contributed by atoms with Crippen molar-refractivity contribution in [2.24, 2.45) is 5.73 Å². The van der Waals surface area contributed by atoms with Crippen molar-refractivity contribution in [3.05, 3.63) is 42.6 Å². The number of phosphoric ester groups is 2. The van der Waals surface area contributed by atoms with Crippen LogP contribution in [0.5, 0.6) is 0 Å². The molecular weight excluding hydrogens is 636 g/mol. The summed E-state index contributed by atoms with van der Waals surface area (Å²) in [5, 5.41) is 41.9. The quantitative estimate of drug-likeness (QED) is 0.0744. The molecule has 10 N–H and O–H groups in total. The summed E-state index contributed by atoms with van der Waals surface area (Å²) in [4.78, 5) is 43.7. The number of aromatic nitrogens is 5. The van der Waals surface area contributed by atoms with Gasteiger partial charge in [-0.3, -0.25) is 18.4 Å². The Morgan fingerprint density at radius 1 is 1.02 bits per heavy atom. The molecule has 0 bridgehead atoms. The highest BCUT2D eigenvalue weighted by Crippen LogP contribution is 2.60. The minimum atomic E-state index is -5.53. The lowest BCUT2D eigenvalue weighted by Crippen LogP contribution is -2.46. The zero-order valence-corrected chi connectivity index (χ0v) is 23.7. The van der Waals surface area contributed by atoms with Crippen molar-refractivity contribution in [3.63, 3.8) is 0 Å². The van der Waals surface area contributed by atoms with Gasteiger partial charge in [0, 0.05) is 6.04 Å². The molecule has 3 aromatic heterocycles. The van der Waals surface area contributed by atoms with E-state index in [1.54, 1.807) is 0 Å². The number of aliphatic hydroxyl groups is 4. The van der Waals surface area contributed by atoms with Gasteiger partial charge in [0.05, 0.1) is 22.3 Å². The molecule has 240 valence electrons. The Morgan fingerprint density at radius 2 is 1.66 bits per heavy atom. The Balaban J connectivity index is 1.20. The fourth-order valence-electron chi connectivity index (χ4n) is 4.32. The second kappa shape index (κ2) is 12.4. The van der Waals surface area contributed by atoms with Crippen molar-refractivity contribution >= 4 is 38.5 Å². The zero-order chi connectivity index (χ0) is 35.5. The van der Waals surface area contributed by atoms with E-state index < -0.39 is 114 Å². The van der Waals surface area contributed by atoms with Gasteiger partial charge in [-0.15, -0.1) is 0 Å². The van der Waals surface area contributed by atoms with Crippen LogP contribution in [0, 0.1) is 0 Å². The highest BCUT2D eigenvalue weighted by molar-refractivity contribution is 7.61. The molecule has 0 radical (unpaired) electrons. The summed E-state index contributed by atoms with van der Waals surface area (Å²) >= 11 is 0. The van der Waals surface area contributed by atoms with Gasteiger partial charge in [-0.05, 0) is 6.04 Å². The molecule has 2 aliphatic rings. The molecule has 44 heavy (non-hydrogen) atoms. The molecule has 5 rings (SSSR count). The average Bonchev–Trinajstić information content (AvgIpc) is 3.64. The highest BCUT2D eigenvalue weighted by Gasteiger charge is 2.50. The first-order valence-electron chi connectivity index (χ1n) is 14.3. The smallest absolute Gasteiger partial charge is 0.387 e. The van der Waals surface area contributed by atoms with Crippen molar-refractivity contribution in [2.45, 2.75) is 49.1 Å². The van der Waals surface area contributed by atoms with Gasteiger partial charge in [0.2, 0.25) is 0 Å². The van der Waals surface area contributed by atoms with Crippen LogP contribution < -0.4 is 16.0 Å². The number of primary amides is 1. The van der Waals surface area contributed by atoms with E-state index in [2.05, 4.69) is 28.3 Å². The van der Waals surface area contributed by atoms with Gasteiger partial charge < -0.3 is 51.2 Å². The highest BCUT2D eigenvalue weighted by atomic mass is 31.3. The predicted molar refractivity (Wildman–Crippen MR) is 139 cm³/mol. The summed E-state index contributed by atoms with van der Waals surface area (Å²) < 4.78 is 83.0. The lowest BCUT2D eigenvalue weighted by molar-refractivity contribution is -0.765. The maximum atomic E-state index is 12.5. The van der Waals surface area contributed by atoms with E-state index in [0.717, 1.165) is 6.33 Å². The minimum Gasteiger partial charge on any atom is -0.387 e. The number of nitrogens with zero attached hydrogens (tertiary/aromatic N) is 5. The third-order valence-electron chi connectivity index (χ3n) is 6.44. The summed E-state index contributed by atoms with van der Waals surface area (Å²) in [5.74, 6) is -1.28. The van der Waals surface area contributed by atoms with E-state index in [4.69, 9.17) is 26.4 Å². The maximum absolute atomic E-state index is 12.5. The number of imidazole rings is 1. The monoisotopic (exact) mass is 668 g/mol. The second-order valence-corrected chi connectivity index (χ2v) is 12.4. The number of pyridine rings is 1. The van der Waals surface area contributed by atoms with Gasteiger partial charge in [0.15, 0.2) is 36.1 Å². The van der Waals surface area contributed by atoms with Crippen molar-refractivity contribution in [3.8, 4) is 0 Å². The SMILES string of the molecule is [2H]c1c([2H])c([2H])[n+]([C@@H]2O[C@H](COP(=O)(O)OP(=O)(O)OC[C@H]3O[C@@H](n4cnc5c(N)ncnc54)[C@H](O)[C@@H]3O)[C@@H](O)[C@H]2O)c([2H])c1C(N)=O. The molecule has 2 aliphatic heterocycles. The van der Waals surface area contributed by atoms with E-state index in [9.17, 15) is 44.1 Å². The molecule has 1 amide bonds. The van der Waals surface area contributed by atoms with Crippen LogP contribution in [-0.2, 0) is 32.0 Å². The first-order valence-corrected chi connectivity index (χ1v) is 15.3. The van der Waals surface area contributed by atoms with Gasteiger partial charge in [-0.25, -0.2) is 24.1 Å². The predicted octanol–water partition coefficient (Wildman–Crippen LogP) is -3.02. The molecule has 21 nitrogen and oxygen atoms in total. The van der Waals surface area contributed by atoms with Gasteiger partial charge in [-0.1, -0.05) is 0 Å². The van der Waals surface area contributed by atoms with Crippen molar-refractivity contribution in [1.29, 1.82) is 0 Å². The average molecular weight is 668 g/mol. The Morgan fingerprint density at radius 3 is 2.32 bits per heavy atom. The molecule has 0 aliphatic carbocycles. The lowest BCUT2D eigenvalue weighted by Gasteiger charge is -2.20. The Hall–Kier alpha value is -3.01. The fraction of sp³-hybridized carbons (Fsp3) is 0.476. The van der Waals surface area contributed by atoms with Crippen LogP contribution in [-0.4, -0.2) is 105 Å². The third-order valence-corrected chi connectivity index (χ3v) is 9.04. The number of amides is 1. The summed E-state index contributed by atoms with van der Waals surface area (Å²) in [6, 6.07) is -1.71. The topological polar surface area (TPSA) is 318 Å². The number of carbonyl (C=O) groups is 1.